The van der Waals surface area contributed by atoms with Crippen molar-refractivity contribution < 1.29 is 14.3 Å². The van der Waals surface area contributed by atoms with Gasteiger partial charge in [0.05, 0.1) is 6.54 Å². The first-order valence-corrected chi connectivity index (χ1v) is 8.59. The molecular weight excluding hydrogens is 370 g/mol. The summed E-state index contributed by atoms with van der Waals surface area (Å²) in [6.45, 7) is 2.83. The Bertz CT molecular complexity index is 681. The molecule has 4 nitrogen and oxygen atoms in total. The number of aryl methyl sites for hydroxylation is 1. The maximum absolute atomic E-state index is 12.0. The van der Waals surface area contributed by atoms with Crippen LogP contribution < -0.4 is 10.1 Å². The third-order valence-corrected chi connectivity index (χ3v) is 3.99. The highest BCUT2D eigenvalue weighted by Gasteiger charge is 2.09. The molecule has 0 unspecified atom stereocenters. The first-order chi connectivity index (χ1) is 11.5. The van der Waals surface area contributed by atoms with Gasteiger partial charge in [-0.1, -0.05) is 45.8 Å². The minimum absolute atomic E-state index is 0.0337. The van der Waals surface area contributed by atoms with Crippen molar-refractivity contribution in [3.05, 3.63) is 64.1 Å². The van der Waals surface area contributed by atoms with Gasteiger partial charge < -0.3 is 10.1 Å². The molecule has 0 spiro atoms. The van der Waals surface area contributed by atoms with Gasteiger partial charge in [-0.25, -0.2) is 0 Å². The van der Waals surface area contributed by atoms with Gasteiger partial charge in [0, 0.05) is 22.9 Å². The second-order valence-corrected chi connectivity index (χ2v) is 6.36. The van der Waals surface area contributed by atoms with Gasteiger partial charge in [-0.15, -0.1) is 0 Å². The lowest BCUT2D eigenvalue weighted by atomic mass is 10.1. The summed E-state index contributed by atoms with van der Waals surface area (Å²) in [5.41, 5.74) is 1.79. The van der Waals surface area contributed by atoms with Gasteiger partial charge in [0.25, 0.3) is 0 Å². The summed E-state index contributed by atoms with van der Waals surface area (Å²) in [5, 5.41) is 2.76. The average molecular weight is 390 g/mol. The highest BCUT2D eigenvalue weighted by molar-refractivity contribution is 9.10. The summed E-state index contributed by atoms with van der Waals surface area (Å²) in [6, 6.07) is 14.9. The summed E-state index contributed by atoms with van der Waals surface area (Å²) in [7, 11) is 0. The zero-order valence-electron chi connectivity index (χ0n) is 13.5. The molecular formula is C19H20BrNO3. The lowest BCUT2D eigenvalue weighted by Crippen LogP contribution is -2.28. The number of carbonyl (C=O) groups excluding carboxylic acids is 2. The number of rotatable bonds is 8. The number of ketones is 1. The largest absolute Gasteiger partial charge is 0.492 e. The third-order valence-electron chi connectivity index (χ3n) is 3.46. The quantitative estimate of drug-likeness (QED) is 0.549. The predicted octanol–water partition coefficient (Wildman–Crippen LogP) is 3.92. The molecule has 1 N–H and O–H groups in total. The molecule has 0 bridgehead atoms. The van der Waals surface area contributed by atoms with E-state index in [9.17, 15) is 9.59 Å². The first-order valence-electron chi connectivity index (χ1n) is 7.79. The fourth-order valence-corrected chi connectivity index (χ4v) is 2.35. The first kappa shape index (κ1) is 18.2. The molecule has 1 amide bonds. The van der Waals surface area contributed by atoms with E-state index in [4.69, 9.17) is 4.74 Å². The van der Waals surface area contributed by atoms with Gasteiger partial charge in [-0.3, -0.25) is 9.59 Å². The molecule has 2 rings (SSSR count). The summed E-state index contributed by atoms with van der Waals surface area (Å²) >= 11 is 3.33. The lowest BCUT2D eigenvalue weighted by molar-refractivity contribution is -0.121. The molecule has 5 heteroatoms. The summed E-state index contributed by atoms with van der Waals surface area (Å²) in [5.74, 6) is 0.599. The van der Waals surface area contributed by atoms with Gasteiger partial charge in [-0.05, 0) is 31.2 Å². The molecule has 0 aliphatic heterocycles. The topological polar surface area (TPSA) is 55.4 Å². The Morgan fingerprint density at radius 2 is 1.67 bits per heavy atom. The zero-order valence-corrected chi connectivity index (χ0v) is 15.1. The zero-order chi connectivity index (χ0) is 17.4. The van der Waals surface area contributed by atoms with Crippen LogP contribution in [0.5, 0.6) is 5.75 Å². The lowest BCUT2D eigenvalue weighted by Gasteiger charge is -2.08. The highest BCUT2D eigenvalue weighted by atomic mass is 79.9. The minimum atomic E-state index is -0.145. The van der Waals surface area contributed by atoms with E-state index in [0.717, 1.165) is 10.2 Å². The maximum Gasteiger partial charge on any atom is 0.220 e. The van der Waals surface area contributed by atoms with Crippen LogP contribution in [-0.2, 0) is 4.79 Å². The van der Waals surface area contributed by atoms with Gasteiger partial charge in [0.2, 0.25) is 5.91 Å². The average Bonchev–Trinajstić information content (AvgIpc) is 2.59. The Kier molecular flexibility index (Phi) is 7.00. The van der Waals surface area contributed by atoms with Gasteiger partial charge >= 0.3 is 0 Å². The molecule has 0 saturated carbocycles. The highest BCUT2D eigenvalue weighted by Crippen LogP contribution is 2.13. The fraction of sp³-hybridized carbons (Fsp3) is 0.263. The van der Waals surface area contributed by atoms with E-state index in [1.807, 2.05) is 43.3 Å². The van der Waals surface area contributed by atoms with E-state index >= 15 is 0 Å². The number of carbonyl (C=O) groups is 2. The van der Waals surface area contributed by atoms with Gasteiger partial charge in [0.15, 0.2) is 5.78 Å². The van der Waals surface area contributed by atoms with Crippen molar-refractivity contribution in [1.82, 2.24) is 5.32 Å². The molecule has 0 fully saturated rings. The monoisotopic (exact) mass is 389 g/mol. The van der Waals surface area contributed by atoms with Crippen LogP contribution in [0.25, 0.3) is 0 Å². The molecule has 0 aliphatic carbocycles. The van der Waals surface area contributed by atoms with Crippen LogP contribution in [-0.4, -0.2) is 24.8 Å². The number of hydrogen-bond donors (Lipinski definition) is 1. The van der Waals surface area contributed by atoms with Crippen LogP contribution in [0.2, 0.25) is 0 Å². The number of Topliss-reactive ketones (excluding diaryl/α,β-unsaturated/α-hetero) is 1. The van der Waals surface area contributed by atoms with Crippen molar-refractivity contribution in [2.75, 3.05) is 13.2 Å². The van der Waals surface area contributed by atoms with Crippen LogP contribution in [0.1, 0.15) is 28.8 Å². The SMILES string of the molecule is Cc1ccc(OCCNC(=O)CCC(=O)c2ccc(Br)cc2)cc1. The fourth-order valence-electron chi connectivity index (χ4n) is 2.09. The van der Waals surface area contributed by atoms with Gasteiger partial charge in [0.1, 0.15) is 12.4 Å². The number of benzene rings is 2. The molecule has 24 heavy (non-hydrogen) atoms. The molecule has 0 aromatic heterocycles. The van der Waals surface area contributed by atoms with Crippen LogP contribution in [0, 0.1) is 6.92 Å². The number of amides is 1. The van der Waals surface area contributed by atoms with Gasteiger partial charge in [-0.2, -0.15) is 0 Å². The summed E-state index contributed by atoms with van der Waals surface area (Å²) < 4.78 is 6.45. The van der Waals surface area contributed by atoms with Crippen molar-refractivity contribution in [1.29, 1.82) is 0 Å². The van der Waals surface area contributed by atoms with Crippen molar-refractivity contribution >= 4 is 27.6 Å². The molecule has 0 heterocycles. The Morgan fingerprint density at radius 1 is 1.00 bits per heavy atom. The Morgan fingerprint density at radius 3 is 2.33 bits per heavy atom. The van der Waals surface area contributed by atoms with Crippen LogP contribution >= 0.6 is 15.9 Å². The van der Waals surface area contributed by atoms with Crippen LogP contribution in [0.4, 0.5) is 0 Å². The molecule has 0 saturated heterocycles. The Balaban J connectivity index is 1.63. The van der Waals surface area contributed by atoms with E-state index in [2.05, 4.69) is 21.2 Å². The summed E-state index contributed by atoms with van der Waals surface area (Å²) in [6.07, 6.45) is 0.381. The molecule has 126 valence electrons. The van der Waals surface area contributed by atoms with Crippen LogP contribution in [0.15, 0.2) is 53.0 Å². The molecule has 2 aromatic carbocycles. The number of hydrogen-bond acceptors (Lipinski definition) is 3. The molecule has 0 radical (unpaired) electrons. The smallest absolute Gasteiger partial charge is 0.220 e. The second kappa shape index (κ2) is 9.23. The molecule has 0 atom stereocenters. The Hall–Kier alpha value is -2.14. The molecule has 2 aromatic rings. The number of ether oxygens (including phenoxy) is 1. The van der Waals surface area contributed by atoms with E-state index in [1.165, 1.54) is 5.56 Å². The second-order valence-electron chi connectivity index (χ2n) is 5.44. The van der Waals surface area contributed by atoms with E-state index in [-0.39, 0.29) is 24.5 Å². The normalized spacial score (nSPS) is 10.2. The van der Waals surface area contributed by atoms with Crippen molar-refractivity contribution in [2.45, 2.75) is 19.8 Å². The van der Waals surface area contributed by atoms with E-state index < -0.39 is 0 Å². The maximum atomic E-state index is 12.0. The van der Waals surface area contributed by atoms with Crippen LogP contribution in [0.3, 0.4) is 0 Å². The van der Waals surface area contributed by atoms with E-state index in [0.29, 0.717) is 18.7 Å². The predicted molar refractivity (Wildman–Crippen MR) is 97.4 cm³/mol. The van der Waals surface area contributed by atoms with E-state index in [1.54, 1.807) is 12.1 Å². The molecule has 0 aliphatic rings. The summed E-state index contributed by atoms with van der Waals surface area (Å²) in [4.78, 5) is 23.7. The third kappa shape index (κ3) is 6.16. The van der Waals surface area contributed by atoms with Crippen molar-refractivity contribution in [3.63, 3.8) is 0 Å². The Labute approximate surface area is 150 Å². The minimum Gasteiger partial charge on any atom is -0.492 e. The number of nitrogens with one attached hydrogen (secondary N) is 1. The number of halogens is 1. The van der Waals surface area contributed by atoms with Crippen molar-refractivity contribution in [2.24, 2.45) is 0 Å². The standard InChI is InChI=1S/C19H20BrNO3/c1-14-2-8-17(9-3-14)24-13-12-21-19(23)11-10-18(22)15-4-6-16(20)7-5-15/h2-9H,10-13H2,1H3,(H,21,23). The van der Waals surface area contributed by atoms with Crippen molar-refractivity contribution in [3.8, 4) is 5.75 Å².